The molecule has 1 aromatic carbocycles. The van der Waals surface area contributed by atoms with Crippen molar-refractivity contribution < 1.29 is 19.2 Å². The van der Waals surface area contributed by atoms with Gasteiger partial charge in [0, 0.05) is 18.9 Å². The number of ketones is 1. The van der Waals surface area contributed by atoms with Gasteiger partial charge in [0.15, 0.2) is 17.3 Å². The Balaban J connectivity index is 2.01. The highest BCUT2D eigenvalue weighted by Gasteiger charge is 2.43. The molecule has 0 aromatic heterocycles. The molecule has 1 aliphatic heterocycles. The van der Waals surface area contributed by atoms with Gasteiger partial charge < -0.3 is 9.47 Å². The summed E-state index contributed by atoms with van der Waals surface area (Å²) in [4.78, 5) is 22.0. The van der Waals surface area contributed by atoms with Gasteiger partial charge >= 0.3 is 0 Å². The third-order valence-corrected chi connectivity index (χ3v) is 3.85. The van der Waals surface area contributed by atoms with E-state index in [-0.39, 0.29) is 17.0 Å². The molecule has 0 bridgehead atoms. The van der Waals surface area contributed by atoms with Gasteiger partial charge in [-0.05, 0) is 19.8 Å². The van der Waals surface area contributed by atoms with Crippen LogP contribution in [0.1, 0.15) is 49.4 Å². The van der Waals surface area contributed by atoms with Crippen molar-refractivity contribution in [2.75, 3.05) is 0 Å². The van der Waals surface area contributed by atoms with Gasteiger partial charge in [0.2, 0.25) is 0 Å². The zero-order valence-electron chi connectivity index (χ0n) is 11.2. The summed E-state index contributed by atoms with van der Waals surface area (Å²) in [5.74, 6) is -0.247. The molecule has 0 N–H and O–H groups in total. The number of nitro benzene ring substituents is 1. The number of hydrogen-bond acceptors (Lipinski definition) is 5. The molecule has 0 radical (unpaired) electrons. The van der Waals surface area contributed by atoms with Crippen LogP contribution in [0.3, 0.4) is 0 Å². The number of benzene rings is 1. The number of Topliss-reactive ketones (excluding diaryl/α,β-unsaturated/α-hetero) is 1. The Bertz CT molecular complexity index is 544. The molecule has 6 heteroatoms. The molecule has 0 amide bonds. The summed E-state index contributed by atoms with van der Waals surface area (Å²) < 4.78 is 11.7. The fourth-order valence-electron chi connectivity index (χ4n) is 2.86. The average molecular weight is 277 g/mol. The molecule has 0 atom stereocenters. The second kappa shape index (κ2) is 4.47. The zero-order chi connectivity index (χ0) is 14.3. The molecule has 0 unspecified atom stereocenters. The predicted molar refractivity (Wildman–Crippen MR) is 70.2 cm³/mol. The molecule has 1 aliphatic carbocycles. The van der Waals surface area contributed by atoms with Gasteiger partial charge in [-0.2, -0.15) is 0 Å². The Kier molecular flexibility index (Phi) is 2.88. The molecule has 0 saturated heterocycles. The maximum atomic E-state index is 11.5. The Hall–Kier alpha value is -2.11. The van der Waals surface area contributed by atoms with Crippen molar-refractivity contribution in [1.82, 2.24) is 0 Å². The number of carbonyl (C=O) groups excluding carboxylic acids is 1. The van der Waals surface area contributed by atoms with E-state index in [2.05, 4.69) is 0 Å². The third-order valence-electron chi connectivity index (χ3n) is 3.85. The van der Waals surface area contributed by atoms with Gasteiger partial charge in [-0.3, -0.25) is 14.9 Å². The Morgan fingerprint density at radius 1 is 1.20 bits per heavy atom. The highest BCUT2D eigenvalue weighted by molar-refractivity contribution is 5.99. The average Bonchev–Trinajstić information content (AvgIpc) is 2.74. The first-order chi connectivity index (χ1) is 9.51. The smallest absolute Gasteiger partial charge is 0.284 e. The summed E-state index contributed by atoms with van der Waals surface area (Å²) >= 11 is 0. The maximum Gasteiger partial charge on any atom is 0.284 e. The fraction of sp³-hybridized carbons (Fsp3) is 0.500. The number of nitrogens with zero attached hydrogens (tertiary/aromatic N) is 1. The first-order valence-corrected chi connectivity index (χ1v) is 6.72. The summed E-state index contributed by atoms with van der Waals surface area (Å²) in [5.41, 5.74) is -0.169. The number of fused-ring (bicyclic) bond motifs is 1. The second-order valence-corrected chi connectivity index (χ2v) is 5.30. The SMILES string of the molecule is CC(=O)c1cc2c(cc1[N+](=O)[O-])OC1(CCCCC1)O2. The Morgan fingerprint density at radius 3 is 2.35 bits per heavy atom. The van der Waals surface area contributed by atoms with Crippen molar-refractivity contribution in [2.24, 2.45) is 0 Å². The zero-order valence-corrected chi connectivity index (χ0v) is 11.2. The molecule has 2 aliphatic rings. The van der Waals surface area contributed by atoms with Crippen molar-refractivity contribution in [3.63, 3.8) is 0 Å². The van der Waals surface area contributed by atoms with Crippen LogP contribution in [0.2, 0.25) is 0 Å². The molecular weight excluding hydrogens is 262 g/mol. The van der Waals surface area contributed by atoms with Crippen LogP contribution in [0.15, 0.2) is 12.1 Å². The van der Waals surface area contributed by atoms with Gasteiger partial charge in [0.1, 0.15) is 0 Å². The van der Waals surface area contributed by atoms with Crippen LogP contribution in [0.5, 0.6) is 11.5 Å². The third kappa shape index (κ3) is 2.01. The van der Waals surface area contributed by atoms with Crippen LogP contribution in [-0.2, 0) is 0 Å². The van der Waals surface area contributed by atoms with Crippen LogP contribution >= 0.6 is 0 Å². The van der Waals surface area contributed by atoms with E-state index in [1.54, 1.807) is 0 Å². The van der Waals surface area contributed by atoms with E-state index in [4.69, 9.17) is 9.47 Å². The minimum atomic E-state index is -0.691. The van der Waals surface area contributed by atoms with E-state index < -0.39 is 10.7 Å². The fourth-order valence-corrected chi connectivity index (χ4v) is 2.86. The van der Waals surface area contributed by atoms with Gasteiger partial charge in [-0.1, -0.05) is 6.42 Å². The summed E-state index contributed by atoms with van der Waals surface area (Å²) in [6.45, 7) is 1.31. The highest BCUT2D eigenvalue weighted by atomic mass is 16.7. The first-order valence-electron chi connectivity index (χ1n) is 6.72. The lowest BCUT2D eigenvalue weighted by Gasteiger charge is -2.31. The molecule has 1 aromatic rings. The quantitative estimate of drug-likeness (QED) is 0.471. The van der Waals surface area contributed by atoms with Crippen LogP contribution < -0.4 is 9.47 Å². The van der Waals surface area contributed by atoms with Gasteiger partial charge in [-0.25, -0.2) is 0 Å². The van der Waals surface area contributed by atoms with Crippen LogP contribution in [-0.4, -0.2) is 16.5 Å². The van der Waals surface area contributed by atoms with E-state index >= 15 is 0 Å². The van der Waals surface area contributed by atoms with E-state index in [0.717, 1.165) is 32.1 Å². The topological polar surface area (TPSA) is 78.7 Å². The van der Waals surface area contributed by atoms with Gasteiger partial charge in [0.25, 0.3) is 11.5 Å². The number of nitro groups is 1. The predicted octanol–water partition coefficient (Wildman–Crippen LogP) is 3.23. The number of carbonyl (C=O) groups is 1. The second-order valence-electron chi connectivity index (χ2n) is 5.30. The molecule has 3 rings (SSSR count). The van der Waals surface area contributed by atoms with Crippen LogP contribution in [0.4, 0.5) is 5.69 Å². The Labute approximate surface area is 115 Å². The molecule has 106 valence electrons. The minimum absolute atomic E-state index is 0.0604. The molecular formula is C14H15NO5. The Morgan fingerprint density at radius 2 is 1.80 bits per heavy atom. The van der Waals surface area contributed by atoms with E-state index in [1.807, 2.05) is 0 Å². The van der Waals surface area contributed by atoms with Crippen molar-refractivity contribution in [2.45, 2.75) is 44.8 Å². The normalized spacial score (nSPS) is 19.1. The van der Waals surface area contributed by atoms with Crippen molar-refractivity contribution >= 4 is 11.5 Å². The lowest BCUT2D eigenvalue weighted by atomic mass is 9.94. The van der Waals surface area contributed by atoms with Crippen molar-refractivity contribution in [1.29, 1.82) is 0 Å². The largest absolute Gasteiger partial charge is 0.448 e. The maximum absolute atomic E-state index is 11.5. The number of hydrogen-bond donors (Lipinski definition) is 0. The molecule has 1 fully saturated rings. The number of rotatable bonds is 2. The first kappa shape index (κ1) is 12.9. The monoisotopic (exact) mass is 277 g/mol. The lowest BCUT2D eigenvalue weighted by Crippen LogP contribution is -2.40. The standard InChI is InChI=1S/C14H15NO5/c1-9(16)10-7-12-13(8-11(10)15(17)18)20-14(19-12)5-3-2-4-6-14/h7-8H,2-6H2,1H3. The lowest BCUT2D eigenvalue weighted by molar-refractivity contribution is -0.385. The minimum Gasteiger partial charge on any atom is -0.448 e. The number of ether oxygens (including phenoxy) is 2. The molecule has 1 saturated carbocycles. The molecule has 1 spiro atoms. The van der Waals surface area contributed by atoms with Crippen LogP contribution in [0, 0.1) is 10.1 Å². The van der Waals surface area contributed by atoms with Crippen LogP contribution in [0.25, 0.3) is 0 Å². The summed E-state index contributed by atoms with van der Waals surface area (Å²) in [7, 11) is 0. The molecule has 20 heavy (non-hydrogen) atoms. The molecule has 6 nitrogen and oxygen atoms in total. The van der Waals surface area contributed by atoms with E-state index in [9.17, 15) is 14.9 Å². The summed E-state index contributed by atoms with van der Waals surface area (Å²) in [5, 5.41) is 11.1. The van der Waals surface area contributed by atoms with Gasteiger partial charge in [0.05, 0.1) is 16.6 Å². The summed E-state index contributed by atoms with van der Waals surface area (Å²) in [6.07, 6.45) is 4.70. The van der Waals surface area contributed by atoms with Gasteiger partial charge in [-0.15, -0.1) is 0 Å². The molecule has 1 heterocycles. The van der Waals surface area contributed by atoms with Crippen molar-refractivity contribution in [3.05, 3.63) is 27.8 Å². The van der Waals surface area contributed by atoms with Crippen molar-refractivity contribution in [3.8, 4) is 11.5 Å². The highest BCUT2D eigenvalue weighted by Crippen LogP contribution is 2.47. The summed E-state index contributed by atoms with van der Waals surface area (Å²) in [6, 6.07) is 2.73. The van der Waals surface area contributed by atoms with E-state index in [1.165, 1.54) is 19.1 Å². The van der Waals surface area contributed by atoms with E-state index in [0.29, 0.717) is 11.5 Å².